The molecule has 5 heteroatoms. The number of hydrogen-bond acceptors (Lipinski definition) is 1. The van der Waals surface area contributed by atoms with Crippen LogP contribution in [0.1, 0.15) is 15.9 Å². The van der Waals surface area contributed by atoms with Crippen LogP contribution in [0, 0.1) is 11.6 Å². The first-order valence-electron chi connectivity index (χ1n) is 6.04. The third-order valence-electron chi connectivity index (χ3n) is 2.76. The predicted octanol–water partition coefficient (Wildman–Crippen LogP) is 3.70. The fraction of sp³-hybridized carbons (Fsp3) is 0.133. The van der Waals surface area contributed by atoms with Crippen molar-refractivity contribution in [3.05, 3.63) is 69.7 Å². The Bertz CT molecular complexity index is 611. The highest BCUT2D eigenvalue weighted by Gasteiger charge is 2.08. The molecule has 0 saturated heterocycles. The summed E-state index contributed by atoms with van der Waals surface area (Å²) in [5.41, 5.74) is 0.763. The normalized spacial score (nSPS) is 10.3. The summed E-state index contributed by atoms with van der Waals surface area (Å²) in [5, 5.41) is 2.64. The highest BCUT2D eigenvalue weighted by molar-refractivity contribution is 9.10. The van der Waals surface area contributed by atoms with Gasteiger partial charge in [0.2, 0.25) is 0 Å². The van der Waals surface area contributed by atoms with Gasteiger partial charge in [-0.2, -0.15) is 0 Å². The average molecular weight is 340 g/mol. The van der Waals surface area contributed by atoms with E-state index >= 15 is 0 Å². The molecule has 0 spiro atoms. The lowest BCUT2D eigenvalue weighted by atomic mass is 10.1. The van der Waals surface area contributed by atoms with Crippen molar-refractivity contribution in [2.45, 2.75) is 6.42 Å². The van der Waals surface area contributed by atoms with Crippen molar-refractivity contribution in [1.82, 2.24) is 5.32 Å². The van der Waals surface area contributed by atoms with E-state index in [1.807, 2.05) is 0 Å². The maximum absolute atomic E-state index is 13.4. The van der Waals surface area contributed by atoms with E-state index in [2.05, 4.69) is 21.2 Å². The smallest absolute Gasteiger partial charge is 0.251 e. The molecular weight excluding hydrogens is 328 g/mol. The van der Waals surface area contributed by atoms with Gasteiger partial charge >= 0.3 is 0 Å². The molecule has 0 aliphatic carbocycles. The van der Waals surface area contributed by atoms with Crippen molar-refractivity contribution in [2.24, 2.45) is 0 Å². The lowest BCUT2D eigenvalue weighted by Crippen LogP contribution is -2.26. The SMILES string of the molecule is O=C(NCCc1ccccc1F)c1cc(F)cc(Br)c1. The van der Waals surface area contributed by atoms with E-state index in [0.29, 0.717) is 16.5 Å². The molecule has 0 heterocycles. The molecule has 0 atom stereocenters. The minimum Gasteiger partial charge on any atom is -0.352 e. The summed E-state index contributed by atoms with van der Waals surface area (Å²) in [6, 6.07) is 10.4. The van der Waals surface area contributed by atoms with Crippen molar-refractivity contribution in [1.29, 1.82) is 0 Å². The Kier molecular flexibility index (Phi) is 4.84. The van der Waals surface area contributed by atoms with Gasteiger partial charge in [-0.15, -0.1) is 0 Å². The van der Waals surface area contributed by atoms with Gasteiger partial charge in [0.05, 0.1) is 0 Å². The number of benzene rings is 2. The second-order valence-electron chi connectivity index (χ2n) is 4.26. The van der Waals surface area contributed by atoms with Gasteiger partial charge in [-0.25, -0.2) is 8.78 Å². The lowest BCUT2D eigenvalue weighted by Gasteiger charge is -2.07. The number of carbonyl (C=O) groups is 1. The molecule has 1 N–H and O–H groups in total. The van der Waals surface area contributed by atoms with Gasteiger partial charge in [0.25, 0.3) is 5.91 Å². The summed E-state index contributed by atoms with van der Waals surface area (Å²) in [6.07, 6.45) is 0.384. The standard InChI is InChI=1S/C15H12BrF2NO/c16-12-7-11(8-13(17)9-12)15(20)19-6-5-10-3-1-2-4-14(10)18/h1-4,7-9H,5-6H2,(H,19,20). The second kappa shape index (κ2) is 6.61. The number of nitrogens with one attached hydrogen (secondary N) is 1. The van der Waals surface area contributed by atoms with Gasteiger partial charge in [0.1, 0.15) is 11.6 Å². The zero-order valence-electron chi connectivity index (χ0n) is 10.5. The van der Waals surface area contributed by atoms with Crippen LogP contribution in [0.5, 0.6) is 0 Å². The molecule has 0 radical (unpaired) electrons. The van der Waals surface area contributed by atoms with Crippen LogP contribution in [0.3, 0.4) is 0 Å². The van der Waals surface area contributed by atoms with Crippen LogP contribution < -0.4 is 5.32 Å². The van der Waals surface area contributed by atoms with E-state index in [1.165, 1.54) is 18.2 Å². The monoisotopic (exact) mass is 339 g/mol. The van der Waals surface area contributed by atoms with Crippen LogP contribution in [0.15, 0.2) is 46.9 Å². The van der Waals surface area contributed by atoms with Crippen molar-refractivity contribution >= 4 is 21.8 Å². The largest absolute Gasteiger partial charge is 0.352 e. The minimum atomic E-state index is -0.487. The topological polar surface area (TPSA) is 29.1 Å². The first kappa shape index (κ1) is 14.7. The minimum absolute atomic E-state index is 0.227. The van der Waals surface area contributed by atoms with E-state index in [-0.39, 0.29) is 23.8 Å². The highest BCUT2D eigenvalue weighted by Crippen LogP contribution is 2.14. The lowest BCUT2D eigenvalue weighted by molar-refractivity contribution is 0.0953. The third-order valence-corrected chi connectivity index (χ3v) is 3.22. The van der Waals surface area contributed by atoms with Crippen molar-refractivity contribution in [3.63, 3.8) is 0 Å². The molecule has 1 amide bonds. The summed E-state index contributed by atoms with van der Waals surface area (Å²) in [5.74, 6) is -1.17. The first-order chi connectivity index (χ1) is 9.56. The number of hydrogen-bond donors (Lipinski definition) is 1. The quantitative estimate of drug-likeness (QED) is 0.904. The molecule has 0 aliphatic rings. The molecule has 20 heavy (non-hydrogen) atoms. The molecule has 0 aromatic heterocycles. The van der Waals surface area contributed by atoms with E-state index in [0.717, 1.165) is 6.07 Å². The third kappa shape index (κ3) is 3.87. The Morgan fingerprint density at radius 3 is 2.60 bits per heavy atom. The molecule has 0 fully saturated rings. The van der Waals surface area contributed by atoms with Crippen LogP contribution in [0.4, 0.5) is 8.78 Å². The summed E-state index contributed by atoms with van der Waals surface area (Å²) in [6.45, 7) is 0.286. The molecule has 2 aromatic rings. The fourth-order valence-electron chi connectivity index (χ4n) is 1.80. The number of amides is 1. The molecule has 0 aliphatic heterocycles. The average Bonchev–Trinajstić information content (AvgIpc) is 2.39. The number of rotatable bonds is 4. The molecule has 0 unspecified atom stereocenters. The summed E-state index contributed by atoms with van der Waals surface area (Å²) in [4.78, 5) is 11.8. The van der Waals surface area contributed by atoms with Crippen LogP contribution in [-0.4, -0.2) is 12.5 Å². The Morgan fingerprint density at radius 2 is 1.90 bits per heavy atom. The fourth-order valence-corrected chi connectivity index (χ4v) is 2.26. The maximum Gasteiger partial charge on any atom is 0.251 e. The second-order valence-corrected chi connectivity index (χ2v) is 5.17. The zero-order valence-corrected chi connectivity index (χ0v) is 12.1. The molecule has 0 saturated carbocycles. The molecule has 2 rings (SSSR count). The van der Waals surface area contributed by atoms with Crippen LogP contribution in [-0.2, 0) is 6.42 Å². The molecule has 0 bridgehead atoms. The van der Waals surface area contributed by atoms with Crippen molar-refractivity contribution in [3.8, 4) is 0 Å². The van der Waals surface area contributed by atoms with E-state index in [9.17, 15) is 13.6 Å². The Labute approximate surface area is 123 Å². The number of halogens is 3. The van der Waals surface area contributed by atoms with Gasteiger partial charge in [0, 0.05) is 16.6 Å². The van der Waals surface area contributed by atoms with E-state index < -0.39 is 5.82 Å². The molecule has 2 nitrogen and oxygen atoms in total. The summed E-state index contributed by atoms with van der Waals surface area (Å²) in [7, 11) is 0. The van der Waals surface area contributed by atoms with Crippen molar-refractivity contribution in [2.75, 3.05) is 6.54 Å². The van der Waals surface area contributed by atoms with Gasteiger partial charge in [0.15, 0.2) is 0 Å². The molecular formula is C15H12BrF2NO. The van der Waals surface area contributed by atoms with Gasteiger partial charge < -0.3 is 5.32 Å². The summed E-state index contributed by atoms with van der Waals surface area (Å²) >= 11 is 3.13. The summed E-state index contributed by atoms with van der Waals surface area (Å²) < 4.78 is 27.0. The molecule has 2 aromatic carbocycles. The zero-order chi connectivity index (χ0) is 14.5. The van der Waals surface area contributed by atoms with Gasteiger partial charge in [-0.3, -0.25) is 4.79 Å². The van der Waals surface area contributed by atoms with E-state index in [1.54, 1.807) is 18.2 Å². The maximum atomic E-state index is 13.4. The van der Waals surface area contributed by atoms with Gasteiger partial charge in [-0.1, -0.05) is 34.1 Å². The predicted molar refractivity (Wildman–Crippen MR) is 76.5 cm³/mol. The first-order valence-corrected chi connectivity index (χ1v) is 6.83. The Morgan fingerprint density at radius 1 is 1.15 bits per heavy atom. The Hall–Kier alpha value is -1.75. The van der Waals surface area contributed by atoms with Crippen molar-refractivity contribution < 1.29 is 13.6 Å². The van der Waals surface area contributed by atoms with E-state index in [4.69, 9.17) is 0 Å². The van der Waals surface area contributed by atoms with Crippen LogP contribution in [0.25, 0.3) is 0 Å². The highest BCUT2D eigenvalue weighted by atomic mass is 79.9. The van der Waals surface area contributed by atoms with Crippen LogP contribution in [0.2, 0.25) is 0 Å². The van der Waals surface area contributed by atoms with Gasteiger partial charge in [-0.05, 0) is 36.2 Å². The Balaban J connectivity index is 1.94. The number of carbonyl (C=O) groups excluding carboxylic acids is 1. The van der Waals surface area contributed by atoms with Crippen LogP contribution >= 0.6 is 15.9 Å². The molecule has 104 valence electrons.